The molecule has 1 heterocycles. The van der Waals surface area contributed by atoms with Crippen LogP contribution in [0.2, 0.25) is 0 Å². The second-order valence-electron chi connectivity index (χ2n) is 6.57. The van der Waals surface area contributed by atoms with Gasteiger partial charge in [-0.1, -0.05) is 22.1 Å². The lowest BCUT2D eigenvalue weighted by molar-refractivity contribution is -0.122. The summed E-state index contributed by atoms with van der Waals surface area (Å²) in [4.78, 5) is 23.7. The number of carbonyl (C=O) groups is 2. The van der Waals surface area contributed by atoms with Gasteiger partial charge in [0.15, 0.2) is 0 Å². The van der Waals surface area contributed by atoms with Crippen LogP contribution >= 0.6 is 0 Å². The first-order chi connectivity index (χ1) is 14.5. The summed E-state index contributed by atoms with van der Waals surface area (Å²) in [6.45, 7) is 0. The Morgan fingerprint density at radius 3 is 2.48 bits per heavy atom. The van der Waals surface area contributed by atoms with E-state index in [1.54, 1.807) is 0 Å². The van der Waals surface area contributed by atoms with Crippen LogP contribution < -0.4 is 19.9 Å². The highest BCUT2D eigenvalue weighted by Gasteiger charge is 2.39. The lowest BCUT2D eigenvalue weighted by atomic mass is 9.72. The minimum Gasteiger partial charge on any atom is -0.534 e. The fourth-order valence-corrected chi connectivity index (χ4v) is 3.37. The molecule has 0 aromatic heterocycles. The molecule has 1 aliphatic rings. The number of nitrogens with two attached hydrogens (primary N) is 1. The van der Waals surface area contributed by atoms with E-state index >= 15 is 0 Å². The average Bonchev–Trinajstić information content (AvgIpc) is 2.67. The van der Waals surface area contributed by atoms with E-state index in [1.165, 1.54) is 18.2 Å². The van der Waals surface area contributed by atoms with Crippen LogP contribution in [0.25, 0.3) is 0 Å². The summed E-state index contributed by atoms with van der Waals surface area (Å²) in [7, 11) is -6.87. The number of carbonyl (C=O) groups excluding carboxylic acids is 1. The van der Waals surface area contributed by atoms with Crippen molar-refractivity contribution in [2.45, 2.75) is 18.4 Å². The molecule has 1 aliphatic heterocycles. The third-order valence-corrected chi connectivity index (χ3v) is 4.86. The molecule has 0 bridgehead atoms. The van der Waals surface area contributed by atoms with Gasteiger partial charge < -0.3 is 30.0 Å². The Hall–Kier alpha value is -3.23. The Labute approximate surface area is 175 Å². The zero-order valence-corrected chi connectivity index (χ0v) is 16.3. The molecule has 1 amide bonds. The van der Waals surface area contributed by atoms with E-state index in [2.05, 4.69) is 9.50 Å². The molecule has 31 heavy (non-hydrogen) atoms. The number of carboxylic acid groups (broad SMARTS) is 1. The molecule has 0 saturated carbocycles. The minimum absolute atomic E-state index is 0.0589. The minimum atomic E-state index is -5.20. The smallest absolute Gasteiger partial charge is 0.534 e. The van der Waals surface area contributed by atoms with Crippen LogP contribution in [-0.2, 0) is 21.7 Å². The largest absolute Gasteiger partial charge is 0.547 e. The highest BCUT2D eigenvalue weighted by Crippen LogP contribution is 2.32. The summed E-state index contributed by atoms with van der Waals surface area (Å²) in [6.07, 6.45) is -0.0589. The Morgan fingerprint density at radius 1 is 1.26 bits per heavy atom. The van der Waals surface area contributed by atoms with E-state index in [9.17, 15) is 31.3 Å². The Kier molecular flexibility index (Phi) is 6.15. The lowest BCUT2D eigenvalue weighted by Gasteiger charge is -2.29. The van der Waals surface area contributed by atoms with Crippen molar-refractivity contribution in [3.8, 4) is 11.5 Å². The maximum Gasteiger partial charge on any atom is 0.547 e. The maximum absolute atomic E-state index is 13.8. The first-order valence-corrected chi connectivity index (χ1v) is 9.96. The van der Waals surface area contributed by atoms with E-state index in [1.807, 2.05) is 0 Å². The van der Waals surface area contributed by atoms with Crippen LogP contribution in [0.3, 0.4) is 0 Å². The van der Waals surface area contributed by atoms with E-state index < -0.39 is 52.9 Å². The van der Waals surface area contributed by atoms with Gasteiger partial charge in [-0.15, -0.1) is 0 Å². The predicted octanol–water partition coefficient (Wildman–Crippen LogP) is 0.256. The van der Waals surface area contributed by atoms with Crippen LogP contribution in [0, 0.1) is 5.82 Å². The Balaban J connectivity index is 1.72. The second-order valence-corrected chi connectivity index (χ2v) is 7.52. The third-order valence-electron chi connectivity index (χ3n) is 4.47. The highest BCUT2D eigenvalue weighted by atomic mass is 32.3. The van der Waals surface area contributed by atoms with Gasteiger partial charge in [-0.3, -0.25) is 4.79 Å². The van der Waals surface area contributed by atoms with Gasteiger partial charge in [-0.2, -0.15) is 8.42 Å². The number of fused-ring (bicyclic) bond motifs is 1. The quantitative estimate of drug-likeness (QED) is 0.352. The van der Waals surface area contributed by atoms with Crippen molar-refractivity contribution in [1.82, 2.24) is 5.32 Å². The molecular weight excluding hydrogens is 441 g/mol. The SMILES string of the molecule is NC(C(=O)N[C@H]1Cc2ccc(F)c(C(=O)O)c2OB1O)c1ccc(OS(=O)(=O)F)cc1. The van der Waals surface area contributed by atoms with Crippen LogP contribution in [0.15, 0.2) is 36.4 Å². The first kappa shape index (κ1) is 22.5. The number of benzene rings is 2. The van der Waals surface area contributed by atoms with Crippen LogP contribution in [0.4, 0.5) is 8.28 Å². The molecule has 0 radical (unpaired) electrons. The molecule has 14 heteroatoms. The standard InChI is InChI=1S/C17H15BF2N2O8S/c19-11-6-3-9-7-12(18(26)29-15(9)13(11)17(24)25)22-16(23)14(21)8-1-4-10(5-2-8)30-31(20,27)28/h1-6,12,14,26H,7,21H2,(H,22,23)(H,24,25)/t12-,14?/m0/s1. The number of nitrogens with one attached hydrogen (secondary N) is 1. The summed E-state index contributed by atoms with van der Waals surface area (Å²) in [6, 6.07) is 5.64. The fraction of sp³-hybridized carbons (Fsp3) is 0.176. The number of aromatic carboxylic acids is 1. The molecule has 10 nitrogen and oxygen atoms in total. The third kappa shape index (κ3) is 5.10. The molecule has 0 aliphatic carbocycles. The van der Waals surface area contributed by atoms with Crippen molar-refractivity contribution in [3.63, 3.8) is 0 Å². The van der Waals surface area contributed by atoms with E-state index in [-0.39, 0.29) is 29.0 Å². The number of rotatable bonds is 6. The molecule has 3 rings (SSSR count). The molecule has 0 fully saturated rings. The van der Waals surface area contributed by atoms with Gasteiger partial charge in [0, 0.05) is 0 Å². The van der Waals surface area contributed by atoms with E-state index in [0.717, 1.165) is 18.2 Å². The molecule has 164 valence electrons. The lowest BCUT2D eigenvalue weighted by Crippen LogP contribution is -2.54. The summed E-state index contributed by atoms with van der Waals surface area (Å²) in [5.74, 6) is -5.02. The molecular formula is C17H15BF2N2O8S. The zero-order chi connectivity index (χ0) is 22.9. The first-order valence-electron chi connectivity index (χ1n) is 8.65. The van der Waals surface area contributed by atoms with Gasteiger partial charge in [0.2, 0.25) is 5.91 Å². The summed E-state index contributed by atoms with van der Waals surface area (Å²) in [5, 5.41) is 21.8. The van der Waals surface area contributed by atoms with Crippen LogP contribution in [-0.4, -0.2) is 43.5 Å². The molecule has 1 unspecified atom stereocenters. The molecule has 0 saturated heterocycles. The van der Waals surface area contributed by atoms with Crippen molar-refractivity contribution in [2.24, 2.45) is 5.73 Å². The van der Waals surface area contributed by atoms with Gasteiger partial charge in [-0.25, -0.2) is 9.18 Å². The number of amides is 1. The highest BCUT2D eigenvalue weighted by molar-refractivity contribution is 7.81. The summed E-state index contributed by atoms with van der Waals surface area (Å²) >= 11 is 0. The fourth-order valence-electron chi connectivity index (χ4n) is 3.03. The molecule has 5 N–H and O–H groups in total. The summed E-state index contributed by atoms with van der Waals surface area (Å²) < 4.78 is 56.5. The van der Waals surface area contributed by atoms with Gasteiger partial charge in [0.05, 0.1) is 5.94 Å². The van der Waals surface area contributed by atoms with Crippen LogP contribution in [0.1, 0.15) is 27.5 Å². The number of hydrogen-bond acceptors (Lipinski definition) is 8. The van der Waals surface area contributed by atoms with Crippen molar-refractivity contribution >= 4 is 29.5 Å². The van der Waals surface area contributed by atoms with E-state index in [0.29, 0.717) is 0 Å². The monoisotopic (exact) mass is 456 g/mol. The second kappa shape index (κ2) is 8.49. The normalized spacial score (nSPS) is 16.6. The van der Waals surface area contributed by atoms with Gasteiger partial charge in [-0.05, 0) is 35.7 Å². The topological polar surface area (TPSA) is 165 Å². The van der Waals surface area contributed by atoms with Crippen molar-refractivity contribution in [1.29, 1.82) is 0 Å². The Bertz CT molecular complexity index is 1130. The average molecular weight is 456 g/mol. The molecule has 0 spiro atoms. The van der Waals surface area contributed by atoms with Crippen molar-refractivity contribution < 1.29 is 45.3 Å². The number of hydrogen-bond donors (Lipinski definition) is 4. The van der Waals surface area contributed by atoms with E-state index in [4.69, 9.17) is 15.5 Å². The number of carboxylic acids is 1. The van der Waals surface area contributed by atoms with Crippen LogP contribution in [0.5, 0.6) is 11.5 Å². The number of halogens is 2. The summed E-state index contributed by atoms with van der Waals surface area (Å²) in [5.41, 5.74) is 5.62. The van der Waals surface area contributed by atoms with Crippen molar-refractivity contribution in [3.05, 3.63) is 58.9 Å². The molecule has 2 aromatic carbocycles. The zero-order valence-electron chi connectivity index (χ0n) is 15.5. The van der Waals surface area contributed by atoms with Gasteiger partial charge in [0.25, 0.3) is 0 Å². The van der Waals surface area contributed by atoms with Gasteiger partial charge in [0.1, 0.15) is 28.9 Å². The maximum atomic E-state index is 13.8. The Morgan fingerprint density at radius 2 is 1.90 bits per heavy atom. The molecule has 2 aromatic rings. The molecule has 2 atom stereocenters. The van der Waals surface area contributed by atoms with Crippen molar-refractivity contribution in [2.75, 3.05) is 0 Å². The predicted molar refractivity (Wildman–Crippen MR) is 102 cm³/mol. The van der Waals surface area contributed by atoms with Gasteiger partial charge >= 0.3 is 23.6 Å².